The summed E-state index contributed by atoms with van der Waals surface area (Å²) >= 11 is 1.59. The Labute approximate surface area is 87.3 Å². The van der Waals surface area contributed by atoms with Gasteiger partial charge in [-0.25, -0.2) is 0 Å². The van der Waals surface area contributed by atoms with Crippen molar-refractivity contribution < 1.29 is 4.79 Å². The third kappa shape index (κ3) is 2.33. The molecule has 3 N–H and O–H groups in total. The molecule has 1 aromatic rings. The first-order valence-corrected chi connectivity index (χ1v) is 5.76. The lowest BCUT2D eigenvalue weighted by atomic mass is 10.1. The van der Waals surface area contributed by atoms with Gasteiger partial charge in [-0.15, -0.1) is 0 Å². The minimum Gasteiger partial charge on any atom is -0.368 e. The molecule has 1 saturated carbocycles. The topological polar surface area (TPSA) is 55.1 Å². The maximum Gasteiger partial charge on any atom is 0.239 e. The number of nitrogens with one attached hydrogen (secondary N) is 1. The van der Waals surface area contributed by atoms with Gasteiger partial charge in [0.25, 0.3) is 0 Å². The second kappa shape index (κ2) is 4.11. The van der Waals surface area contributed by atoms with Gasteiger partial charge >= 0.3 is 0 Å². The van der Waals surface area contributed by atoms with Crippen molar-refractivity contribution in [3.05, 3.63) is 22.4 Å². The van der Waals surface area contributed by atoms with E-state index in [0.29, 0.717) is 0 Å². The predicted octanol–water partition coefficient (Wildman–Crippen LogP) is 1.27. The molecule has 1 aromatic heterocycles. The van der Waals surface area contributed by atoms with Crippen LogP contribution in [0.4, 0.5) is 0 Å². The molecule has 3 nitrogen and oxygen atoms in total. The predicted molar refractivity (Wildman–Crippen MR) is 57.0 cm³/mol. The number of carbonyl (C=O) groups is 1. The fraction of sp³-hybridized carbons (Fsp3) is 0.500. The van der Waals surface area contributed by atoms with Crippen molar-refractivity contribution in [3.8, 4) is 0 Å². The van der Waals surface area contributed by atoms with Gasteiger partial charge < -0.3 is 11.1 Å². The van der Waals surface area contributed by atoms with Crippen LogP contribution in [0.15, 0.2) is 16.8 Å². The molecule has 0 radical (unpaired) electrons. The zero-order chi connectivity index (χ0) is 9.97. The van der Waals surface area contributed by atoms with Gasteiger partial charge in [0.1, 0.15) is 6.04 Å². The van der Waals surface area contributed by atoms with Gasteiger partial charge in [0.05, 0.1) is 0 Å². The van der Waals surface area contributed by atoms with Crippen molar-refractivity contribution >= 4 is 17.2 Å². The average molecular weight is 210 g/mol. The van der Waals surface area contributed by atoms with E-state index in [1.165, 1.54) is 12.8 Å². The summed E-state index contributed by atoms with van der Waals surface area (Å²) in [5.41, 5.74) is 6.33. The van der Waals surface area contributed by atoms with Gasteiger partial charge in [0, 0.05) is 0 Å². The van der Waals surface area contributed by atoms with Crippen LogP contribution in [0.3, 0.4) is 0 Å². The number of amides is 1. The highest BCUT2D eigenvalue weighted by Gasteiger charge is 2.24. The normalized spacial score (nSPS) is 18.0. The van der Waals surface area contributed by atoms with E-state index in [-0.39, 0.29) is 11.9 Å². The summed E-state index contributed by atoms with van der Waals surface area (Å²) in [6.45, 7) is 0.906. The highest BCUT2D eigenvalue weighted by atomic mass is 32.1. The summed E-state index contributed by atoms with van der Waals surface area (Å²) in [6.07, 6.45) is 2.56. The van der Waals surface area contributed by atoms with Crippen molar-refractivity contribution in [2.24, 2.45) is 11.7 Å². The lowest BCUT2D eigenvalue weighted by molar-refractivity contribution is -0.120. The number of carbonyl (C=O) groups excluding carboxylic acids is 1. The van der Waals surface area contributed by atoms with Crippen LogP contribution in [0.1, 0.15) is 24.4 Å². The number of hydrogen-bond donors (Lipinski definition) is 2. The molecule has 0 spiro atoms. The lowest BCUT2D eigenvalue weighted by Gasteiger charge is -2.13. The Balaban J connectivity index is 1.96. The Morgan fingerprint density at radius 2 is 2.50 bits per heavy atom. The van der Waals surface area contributed by atoms with Crippen LogP contribution in [0, 0.1) is 5.92 Å². The summed E-state index contributed by atoms with van der Waals surface area (Å²) in [4.78, 5) is 11.2. The number of primary amides is 1. The minimum absolute atomic E-state index is 0.288. The zero-order valence-electron chi connectivity index (χ0n) is 7.90. The van der Waals surface area contributed by atoms with Crippen LogP contribution >= 0.6 is 11.3 Å². The first kappa shape index (κ1) is 9.68. The Morgan fingerprint density at radius 3 is 3.00 bits per heavy atom. The third-order valence-corrected chi connectivity index (χ3v) is 3.17. The van der Waals surface area contributed by atoms with Crippen molar-refractivity contribution in [1.29, 1.82) is 0 Å². The molecule has 2 rings (SSSR count). The molecular weight excluding hydrogens is 196 g/mol. The molecule has 0 saturated heterocycles. The van der Waals surface area contributed by atoms with E-state index in [9.17, 15) is 4.79 Å². The number of nitrogens with two attached hydrogens (primary N) is 1. The van der Waals surface area contributed by atoms with Crippen molar-refractivity contribution in [2.45, 2.75) is 18.9 Å². The molecule has 0 aliphatic heterocycles. The highest BCUT2D eigenvalue weighted by molar-refractivity contribution is 7.08. The third-order valence-electron chi connectivity index (χ3n) is 2.47. The van der Waals surface area contributed by atoms with E-state index in [0.717, 1.165) is 18.0 Å². The number of rotatable bonds is 5. The lowest BCUT2D eigenvalue weighted by Crippen LogP contribution is -2.34. The van der Waals surface area contributed by atoms with Crippen LogP contribution in [0.5, 0.6) is 0 Å². The molecule has 1 unspecified atom stereocenters. The molecule has 1 heterocycles. The van der Waals surface area contributed by atoms with E-state index in [2.05, 4.69) is 5.32 Å². The van der Waals surface area contributed by atoms with Gasteiger partial charge in [-0.2, -0.15) is 11.3 Å². The van der Waals surface area contributed by atoms with Gasteiger partial charge in [-0.1, -0.05) is 0 Å². The molecule has 14 heavy (non-hydrogen) atoms. The van der Waals surface area contributed by atoms with E-state index in [1.807, 2.05) is 16.8 Å². The molecule has 1 fully saturated rings. The van der Waals surface area contributed by atoms with Gasteiger partial charge in [0.15, 0.2) is 0 Å². The average Bonchev–Trinajstić information content (AvgIpc) is 2.80. The molecule has 1 amide bonds. The summed E-state index contributed by atoms with van der Waals surface area (Å²) in [7, 11) is 0. The van der Waals surface area contributed by atoms with Gasteiger partial charge in [0.2, 0.25) is 5.91 Å². The minimum atomic E-state index is -0.304. The summed E-state index contributed by atoms with van der Waals surface area (Å²) in [5.74, 6) is 0.472. The Hall–Kier alpha value is -0.870. The van der Waals surface area contributed by atoms with Gasteiger partial charge in [-0.3, -0.25) is 4.79 Å². The second-order valence-corrected chi connectivity index (χ2v) is 4.52. The standard InChI is InChI=1S/C10H14N2OS/c11-10(13)9(8-3-4-14-6-8)12-5-7-1-2-7/h3-4,6-7,9,12H,1-2,5H2,(H2,11,13). The maximum atomic E-state index is 11.2. The van der Waals surface area contributed by atoms with E-state index < -0.39 is 0 Å². The SMILES string of the molecule is NC(=O)C(NCC1CC1)c1ccsc1. The Morgan fingerprint density at radius 1 is 1.71 bits per heavy atom. The van der Waals surface area contributed by atoms with Crippen LogP contribution in [0.2, 0.25) is 0 Å². The summed E-state index contributed by atoms with van der Waals surface area (Å²) in [6, 6.07) is 1.64. The van der Waals surface area contributed by atoms with E-state index in [4.69, 9.17) is 5.73 Å². The molecule has 1 aliphatic carbocycles. The first-order valence-electron chi connectivity index (χ1n) is 4.82. The molecular formula is C10H14N2OS. The number of hydrogen-bond acceptors (Lipinski definition) is 3. The van der Waals surface area contributed by atoms with Crippen molar-refractivity contribution in [3.63, 3.8) is 0 Å². The zero-order valence-corrected chi connectivity index (χ0v) is 8.72. The molecule has 0 bridgehead atoms. The van der Waals surface area contributed by atoms with E-state index >= 15 is 0 Å². The fourth-order valence-corrected chi connectivity index (χ4v) is 2.11. The van der Waals surface area contributed by atoms with Crippen molar-refractivity contribution in [1.82, 2.24) is 5.32 Å². The van der Waals surface area contributed by atoms with Gasteiger partial charge in [-0.05, 0) is 47.7 Å². The monoisotopic (exact) mass is 210 g/mol. The maximum absolute atomic E-state index is 11.2. The Bertz CT molecular complexity index is 306. The molecule has 4 heteroatoms. The molecule has 0 aromatic carbocycles. The van der Waals surface area contributed by atoms with E-state index in [1.54, 1.807) is 11.3 Å². The number of thiophene rings is 1. The van der Waals surface area contributed by atoms with Crippen LogP contribution in [-0.4, -0.2) is 12.5 Å². The largest absolute Gasteiger partial charge is 0.368 e. The first-order chi connectivity index (χ1) is 6.77. The molecule has 1 atom stereocenters. The van der Waals surface area contributed by atoms with Crippen LogP contribution in [0.25, 0.3) is 0 Å². The van der Waals surface area contributed by atoms with Crippen molar-refractivity contribution in [2.75, 3.05) is 6.54 Å². The molecule has 76 valence electrons. The molecule has 1 aliphatic rings. The fourth-order valence-electron chi connectivity index (χ4n) is 1.43. The van der Waals surface area contributed by atoms with Crippen LogP contribution < -0.4 is 11.1 Å². The highest BCUT2D eigenvalue weighted by Crippen LogP contribution is 2.28. The second-order valence-electron chi connectivity index (χ2n) is 3.74. The summed E-state index contributed by atoms with van der Waals surface area (Å²) < 4.78 is 0. The smallest absolute Gasteiger partial charge is 0.239 e. The Kier molecular flexibility index (Phi) is 2.84. The summed E-state index contributed by atoms with van der Waals surface area (Å²) in [5, 5.41) is 7.15. The van der Waals surface area contributed by atoms with Crippen LogP contribution in [-0.2, 0) is 4.79 Å². The quantitative estimate of drug-likeness (QED) is 0.769.